The molecular weight excluding hydrogens is 310 g/mol. The van der Waals surface area contributed by atoms with Gasteiger partial charge in [0.1, 0.15) is 0 Å². The van der Waals surface area contributed by atoms with Crippen LogP contribution in [0.15, 0.2) is 46.2 Å². The van der Waals surface area contributed by atoms with Gasteiger partial charge in [0.2, 0.25) is 5.91 Å². The molecule has 0 bridgehead atoms. The lowest BCUT2D eigenvalue weighted by molar-refractivity contribution is -0.115. The minimum absolute atomic E-state index is 0.0843. The molecule has 0 unspecified atom stereocenters. The number of oxazole rings is 1. The molecule has 1 aromatic carbocycles. The molecule has 0 saturated carbocycles. The Balaban J connectivity index is 1.71. The maximum atomic E-state index is 12.4. The number of carbonyl (C=O) groups is 1. The lowest BCUT2D eigenvalue weighted by atomic mass is 10.1. The van der Waals surface area contributed by atoms with Gasteiger partial charge in [-0.3, -0.25) is 4.79 Å². The Labute approximate surface area is 138 Å². The number of thioether (sulfide) groups is 1. The first kappa shape index (κ1) is 15.6. The highest BCUT2D eigenvalue weighted by atomic mass is 32.2. The molecule has 2 heterocycles. The number of aryl methyl sites for hydroxylation is 1. The SMILES string of the molecule is Cc1cccc(NC(=O)[C@@H](C)Sc2nc3ncccc3o2)c1C. The van der Waals surface area contributed by atoms with Crippen molar-refractivity contribution in [3.05, 3.63) is 47.7 Å². The fourth-order valence-corrected chi connectivity index (χ4v) is 2.87. The van der Waals surface area contributed by atoms with Crippen LogP contribution < -0.4 is 5.32 Å². The number of benzene rings is 1. The van der Waals surface area contributed by atoms with E-state index in [1.54, 1.807) is 18.3 Å². The first-order chi connectivity index (χ1) is 11.0. The van der Waals surface area contributed by atoms with Crippen LogP contribution in [-0.4, -0.2) is 21.1 Å². The van der Waals surface area contributed by atoms with Crippen molar-refractivity contribution < 1.29 is 9.21 Å². The molecule has 6 heteroatoms. The molecular formula is C17H17N3O2S. The van der Waals surface area contributed by atoms with E-state index >= 15 is 0 Å². The molecule has 0 aliphatic carbocycles. The summed E-state index contributed by atoms with van der Waals surface area (Å²) < 4.78 is 5.59. The predicted octanol–water partition coefficient (Wildman–Crippen LogP) is 3.96. The van der Waals surface area contributed by atoms with Crippen LogP contribution in [0.25, 0.3) is 11.2 Å². The number of fused-ring (bicyclic) bond motifs is 1. The highest BCUT2D eigenvalue weighted by Gasteiger charge is 2.19. The zero-order valence-electron chi connectivity index (χ0n) is 13.2. The van der Waals surface area contributed by atoms with Gasteiger partial charge in [0, 0.05) is 11.9 Å². The standard InChI is InChI=1S/C17H17N3O2S/c1-10-6-4-7-13(11(10)2)19-16(21)12(3)23-17-20-15-14(22-17)8-5-9-18-15/h4-9,12H,1-3H3,(H,19,21)/t12-/m1/s1. The molecule has 118 valence electrons. The molecule has 0 aliphatic rings. The Hall–Kier alpha value is -2.34. The molecule has 23 heavy (non-hydrogen) atoms. The van der Waals surface area contributed by atoms with Crippen molar-refractivity contribution in [2.45, 2.75) is 31.2 Å². The molecule has 1 amide bonds. The smallest absolute Gasteiger partial charge is 0.259 e. The summed E-state index contributed by atoms with van der Waals surface area (Å²) in [4.78, 5) is 20.8. The van der Waals surface area contributed by atoms with Crippen LogP contribution >= 0.6 is 11.8 Å². The summed E-state index contributed by atoms with van der Waals surface area (Å²) in [5.74, 6) is -0.0843. The minimum Gasteiger partial charge on any atom is -0.430 e. The number of aromatic nitrogens is 2. The van der Waals surface area contributed by atoms with Gasteiger partial charge in [-0.1, -0.05) is 23.9 Å². The number of rotatable bonds is 4. The van der Waals surface area contributed by atoms with Gasteiger partial charge in [0.05, 0.1) is 5.25 Å². The molecule has 1 N–H and O–H groups in total. The van der Waals surface area contributed by atoms with Gasteiger partial charge in [-0.25, -0.2) is 4.98 Å². The van der Waals surface area contributed by atoms with Crippen LogP contribution in [0.4, 0.5) is 5.69 Å². The van der Waals surface area contributed by atoms with Gasteiger partial charge in [0.25, 0.3) is 5.22 Å². The Kier molecular flexibility index (Phi) is 4.34. The Morgan fingerprint density at radius 3 is 2.87 bits per heavy atom. The summed E-state index contributed by atoms with van der Waals surface area (Å²) in [6.07, 6.45) is 1.66. The van der Waals surface area contributed by atoms with E-state index in [0.717, 1.165) is 16.8 Å². The van der Waals surface area contributed by atoms with E-state index in [1.165, 1.54) is 11.8 Å². The average molecular weight is 327 g/mol. The number of carbonyl (C=O) groups excluding carboxylic acids is 1. The second-order valence-corrected chi connectivity index (χ2v) is 6.59. The van der Waals surface area contributed by atoms with E-state index in [4.69, 9.17) is 4.42 Å². The second-order valence-electron chi connectivity index (χ2n) is 5.30. The van der Waals surface area contributed by atoms with E-state index in [-0.39, 0.29) is 11.2 Å². The zero-order valence-corrected chi connectivity index (χ0v) is 14.0. The van der Waals surface area contributed by atoms with E-state index in [0.29, 0.717) is 16.5 Å². The maximum Gasteiger partial charge on any atom is 0.259 e. The average Bonchev–Trinajstić information content (AvgIpc) is 2.93. The number of hydrogen-bond donors (Lipinski definition) is 1. The van der Waals surface area contributed by atoms with Crippen molar-refractivity contribution >= 4 is 34.6 Å². The van der Waals surface area contributed by atoms with Crippen molar-refractivity contribution in [1.29, 1.82) is 0 Å². The molecule has 1 atom stereocenters. The van der Waals surface area contributed by atoms with Crippen molar-refractivity contribution in [3.8, 4) is 0 Å². The number of nitrogens with one attached hydrogen (secondary N) is 1. The Bertz CT molecular complexity index is 827. The maximum absolute atomic E-state index is 12.4. The minimum atomic E-state index is -0.331. The molecule has 0 spiro atoms. The molecule has 0 aliphatic heterocycles. The predicted molar refractivity (Wildman–Crippen MR) is 91.7 cm³/mol. The molecule has 0 radical (unpaired) electrons. The summed E-state index contributed by atoms with van der Waals surface area (Å²) in [5, 5.41) is 3.08. The van der Waals surface area contributed by atoms with E-state index < -0.39 is 0 Å². The first-order valence-electron chi connectivity index (χ1n) is 7.30. The second kappa shape index (κ2) is 6.42. The van der Waals surface area contributed by atoms with Crippen LogP contribution in [0.5, 0.6) is 0 Å². The first-order valence-corrected chi connectivity index (χ1v) is 8.18. The van der Waals surface area contributed by atoms with Crippen LogP contribution in [0.1, 0.15) is 18.1 Å². The summed E-state index contributed by atoms with van der Waals surface area (Å²) in [6.45, 7) is 5.84. The Morgan fingerprint density at radius 1 is 1.26 bits per heavy atom. The third-order valence-electron chi connectivity index (χ3n) is 3.65. The van der Waals surface area contributed by atoms with E-state index in [9.17, 15) is 4.79 Å². The summed E-state index contributed by atoms with van der Waals surface area (Å²) in [5.41, 5.74) is 4.23. The lowest BCUT2D eigenvalue weighted by Gasteiger charge is -2.13. The van der Waals surface area contributed by atoms with Gasteiger partial charge >= 0.3 is 0 Å². The van der Waals surface area contributed by atoms with Crippen LogP contribution in [0.2, 0.25) is 0 Å². The highest BCUT2D eigenvalue weighted by Crippen LogP contribution is 2.27. The molecule has 0 saturated heterocycles. The zero-order chi connectivity index (χ0) is 16.4. The number of hydrogen-bond acceptors (Lipinski definition) is 5. The highest BCUT2D eigenvalue weighted by molar-refractivity contribution is 8.00. The van der Waals surface area contributed by atoms with Gasteiger partial charge in [-0.2, -0.15) is 4.98 Å². The Morgan fingerprint density at radius 2 is 2.09 bits per heavy atom. The van der Waals surface area contributed by atoms with Crippen molar-refractivity contribution in [2.24, 2.45) is 0 Å². The van der Waals surface area contributed by atoms with Crippen LogP contribution in [0, 0.1) is 13.8 Å². The summed E-state index contributed by atoms with van der Waals surface area (Å²) in [6, 6.07) is 9.45. The summed E-state index contributed by atoms with van der Waals surface area (Å²) >= 11 is 1.28. The van der Waals surface area contributed by atoms with Gasteiger partial charge < -0.3 is 9.73 Å². The molecule has 2 aromatic heterocycles. The molecule has 0 fully saturated rings. The van der Waals surface area contributed by atoms with Crippen molar-refractivity contribution in [2.75, 3.05) is 5.32 Å². The molecule has 3 rings (SSSR count). The quantitative estimate of drug-likeness (QED) is 0.735. The van der Waals surface area contributed by atoms with E-state index in [1.807, 2.05) is 39.0 Å². The molecule has 3 aromatic rings. The third-order valence-corrected chi connectivity index (χ3v) is 4.60. The lowest BCUT2D eigenvalue weighted by Crippen LogP contribution is -2.23. The number of anilines is 1. The monoisotopic (exact) mass is 327 g/mol. The van der Waals surface area contributed by atoms with E-state index in [2.05, 4.69) is 15.3 Å². The number of nitrogens with zero attached hydrogens (tertiary/aromatic N) is 2. The van der Waals surface area contributed by atoms with Crippen LogP contribution in [-0.2, 0) is 4.79 Å². The topological polar surface area (TPSA) is 68.0 Å². The number of pyridine rings is 1. The van der Waals surface area contributed by atoms with Gasteiger partial charge in [0.15, 0.2) is 11.2 Å². The normalized spacial score (nSPS) is 12.3. The van der Waals surface area contributed by atoms with Crippen molar-refractivity contribution in [1.82, 2.24) is 9.97 Å². The summed E-state index contributed by atoms with van der Waals surface area (Å²) in [7, 11) is 0. The van der Waals surface area contributed by atoms with Crippen LogP contribution in [0.3, 0.4) is 0 Å². The fraction of sp³-hybridized carbons (Fsp3) is 0.235. The third kappa shape index (κ3) is 3.37. The largest absolute Gasteiger partial charge is 0.430 e. The number of amides is 1. The molecule has 5 nitrogen and oxygen atoms in total. The van der Waals surface area contributed by atoms with Gasteiger partial charge in [-0.05, 0) is 50.1 Å². The van der Waals surface area contributed by atoms with Crippen molar-refractivity contribution in [3.63, 3.8) is 0 Å². The van der Waals surface area contributed by atoms with Gasteiger partial charge in [-0.15, -0.1) is 0 Å². The fourth-order valence-electron chi connectivity index (χ4n) is 2.13.